The van der Waals surface area contributed by atoms with Gasteiger partial charge in [-0.05, 0) is 18.7 Å². The van der Waals surface area contributed by atoms with Crippen molar-refractivity contribution in [3.8, 4) is 0 Å². The van der Waals surface area contributed by atoms with E-state index in [0.29, 0.717) is 5.69 Å². The molecule has 0 N–H and O–H groups in total. The van der Waals surface area contributed by atoms with Gasteiger partial charge < -0.3 is 9.80 Å². The van der Waals surface area contributed by atoms with Gasteiger partial charge >= 0.3 is 0 Å². The van der Waals surface area contributed by atoms with E-state index < -0.39 is 0 Å². The zero-order valence-corrected chi connectivity index (χ0v) is 9.42. The minimum absolute atomic E-state index is 0.341. The van der Waals surface area contributed by atoms with Crippen molar-refractivity contribution in [1.29, 1.82) is 0 Å². The first-order chi connectivity index (χ1) is 7.70. The second-order valence-corrected chi connectivity index (χ2v) is 4.02. The van der Waals surface area contributed by atoms with Gasteiger partial charge in [-0.3, -0.25) is 0 Å². The summed E-state index contributed by atoms with van der Waals surface area (Å²) in [5.74, 6) is -0.722. The zero-order valence-electron chi connectivity index (χ0n) is 9.42. The number of nitrogens with zero attached hydrogens (tertiary/aromatic N) is 2. The third-order valence-electron chi connectivity index (χ3n) is 3.07. The van der Waals surface area contributed by atoms with Crippen molar-refractivity contribution >= 4 is 5.69 Å². The third-order valence-corrected chi connectivity index (χ3v) is 3.07. The maximum absolute atomic E-state index is 13.5. The van der Waals surface area contributed by atoms with Crippen LogP contribution in [0, 0.1) is 11.6 Å². The van der Waals surface area contributed by atoms with E-state index in [9.17, 15) is 8.78 Å². The van der Waals surface area contributed by atoms with Crippen molar-refractivity contribution in [2.75, 3.05) is 37.6 Å². The van der Waals surface area contributed by atoms with Crippen LogP contribution in [0.4, 0.5) is 14.5 Å². The van der Waals surface area contributed by atoms with Gasteiger partial charge in [0.25, 0.3) is 0 Å². The van der Waals surface area contributed by atoms with Gasteiger partial charge in [-0.1, -0.05) is 6.92 Å². The number of hydrogen-bond donors (Lipinski definition) is 0. The summed E-state index contributed by atoms with van der Waals surface area (Å²) in [4.78, 5) is 4.21. The average Bonchev–Trinajstić information content (AvgIpc) is 2.32. The molecule has 16 heavy (non-hydrogen) atoms. The molecule has 2 nitrogen and oxygen atoms in total. The molecule has 0 spiro atoms. The molecule has 1 heterocycles. The minimum Gasteiger partial charge on any atom is -0.367 e. The smallest absolute Gasteiger partial charge is 0.146 e. The highest BCUT2D eigenvalue weighted by Crippen LogP contribution is 2.21. The molecule has 0 saturated carbocycles. The molecule has 0 aromatic heterocycles. The highest BCUT2D eigenvalue weighted by atomic mass is 19.1. The van der Waals surface area contributed by atoms with Crippen molar-refractivity contribution in [2.45, 2.75) is 6.92 Å². The molecule has 0 amide bonds. The van der Waals surface area contributed by atoms with Crippen LogP contribution in [0.15, 0.2) is 18.2 Å². The van der Waals surface area contributed by atoms with Crippen LogP contribution in [0.1, 0.15) is 6.92 Å². The molecule has 88 valence electrons. The second-order valence-electron chi connectivity index (χ2n) is 4.02. The number of anilines is 1. The van der Waals surface area contributed by atoms with E-state index in [0.717, 1.165) is 38.8 Å². The standard InChI is InChI=1S/C12H16F2N2/c1-2-15-5-7-16(8-6-15)12-9-10(13)3-4-11(12)14/h3-4,9H,2,5-8H2,1H3. The van der Waals surface area contributed by atoms with Gasteiger partial charge in [-0.15, -0.1) is 0 Å². The van der Waals surface area contributed by atoms with E-state index in [-0.39, 0.29) is 11.6 Å². The quantitative estimate of drug-likeness (QED) is 0.762. The maximum Gasteiger partial charge on any atom is 0.146 e. The first-order valence-electron chi connectivity index (χ1n) is 5.63. The van der Waals surface area contributed by atoms with Crippen molar-refractivity contribution in [2.24, 2.45) is 0 Å². The SMILES string of the molecule is CCN1CCN(c2cc(F)ccc2F)CC1. The van der Waals surface area contributed by atoms with E-state index in [1.54, 1.807) is 0 Å². The van der Waals surface area contributed by atoms with Crippen LogP contribution in [0.3, 0.4) is 0 Å². The highest BCUT2D eigenvalue weighted by Gasteiger charge is 2.18. The Bertz CT molecular complexity index is 360. The molecule has 4 heteroatoms. The minimum atomic E-state index is -0.380. The molecular weight excluding hydrogens is 210 g/mol. The van der Waals surface area contributed by atoms with Gasteiger partial charge in [0.2, 0.25) is 0 Å². The molecule has 1 saturated heterocycles. The monoisotopic (exact) mass is 226 g/mol. The molecule has 0 aliphatic carbocycles. The van der Waals surface area contributed by atoms with Gasteiger partial charge in [-0.25, -0.2) is 8.78 Å². The molecule has 0 bridgehead atoms. The predicted octanol–water partition coefficient (Wildman–Crippen LogP) is 2.11. The Kier molecular flexibility index (Phi) is 3.39. The van der Waals surface area contributed by atoms with Crippen LogP contribution < -0.4 is 4.90 Å². The Hall–Kier alpha value is -1.16. The lowest BCUT2D eigenvalue weighted by atomic mass is 10.2. The number of hydrogen-bond acceptors (Lipinski definition) is 2. The van der Waals surface area contributed by atoms with E-state index in [1.165, 1.54) is 12.1 Å². The lowest BCUT2D eigenvalue weighted by Gasteiger charge is -2.35. The van der Waals surface area contributed by atoms with Gasteiger partial charge in [0, 0.05) is 32.2 Å². The summed E-state index contributed by atoms with van der Waals surface area (Å²) in [6.07, 6.45) is 0. The number of benzene rings is 1. The van der Waals surface area contributed by atoms with Gasteiger partial charge in [-0.2, -0.15) is 0 Å². The number of likely N-dealkylation sites (N-methyl/N-ethyl adjacent to an activating group) is 1. The molecule has 2 rings (SSSR count). The van der Waals surface area contributed by atoms with E-state index in [4.69, 9.17) is 0 Å². The first-order valence-corrected chi connectivity index (χ1v) is 5.63. The zero-order chi connectivity index (χ0) is 11.5. The molecule has 0 unspecified atom stereocenters. The summed E-state index contributed by atoms with van der Waals surface area (Å²) in [5.41, 5.74) is 0.385. The molecule has 1 aromatic rings. The topological polar surface area (TPSA) is 6.48 Å². The van der Waals surface area contributed by atoms with Gasteiger partial charge in [0.05, 0.1) is 5.69 Å². The van der Waals surface area contributed by atoms with Crippen molar-refractivity contribution in [1.82, 2.24) is 4.90 Å². The Morgan fingerprint density at radius 2 is 1.81 bits per heavy atom. The lowest BCUT2D eigenvalue weighted by Crippen LogP contribution is -2.46. The normalized spacial score (nSPS) is 17.8. The van der Waals surface area contributed by atoms with Crippen LogP contribution in [0.2, 0.25) is 0 Å². The fourth-order valence-electron chi connectivity index (χ4n) is 2.03. The predicted molar refractivity (Wildman–Crippen MR) is 60.7 cm³/mol. The van der Waals surface area contributed by atoms with Crippen LogP contribution in [0.25, 0.3) is 0 Å². The van der Waals surface area contributed by atoms with Gasteiger partial charge in [0.1, 0.15) is 11.6 Å². The molecule has 1 aromatic carbocycles. The number of rotatable bonds is 2. The largest absolute Gasteiger partial charge is 0.367 e. The Labute approximate surface area is 94.5 Å². The Morgan fingerprint density at radius 1 is 1.12 bits per heavy atom. The average molecular weight is 226 g/mol. The fourth-order valence-corrected chi connectivity index (χ4v) is 2.03. The van der Waals surface area contributed by atoms with Crippen LogP contribution in [0.5, 0.6) is 0 Å². The molecule has 1 aliphatic heterocycles. The van der Waals surface area contributed by atoms with Crippen molar-refractivity contribution < 1.29 is 8.78 Å². The molecule has 1 aliphatic rings. The van der Waals surface area contributed by atoms with Crippen LogP contribution >= 0.6 is 0 Å². The Balaban J connectivity index is 2.10. The van der Waals surface area contributed by atoms with E-state index in [1.807, 2.05) is 4.90 Å². The molecule has 1 fully saturated rings. The van der Waals surface area contributed by atoms with Gasteiger partial charge in [0.15, 0.2) is 0 Å². The number of halogens is 2. The van der Waals surface area contributed by atoms with E-state index in [2.05, 4.69) is 11.8 Å². The first kappa shape index (κ1) is 11.3. The summed E-state index contributed by atoms with van der Waals surface area (Å²) in [5, 5.41) is 0. The summed E-state index contributed by atoms with van der Waals surface area (Å²) < 4.78 is 26.6. The molecular formula is C12H16F2N2. The summed E-state index contributed by atoms with van der Waals surface area (Å²) >= 11 is 0. The van der Waals surface area contributed by atoms with E-state index >= 15 is 0 Å². The third kappa shape index (κ3) is 2.32. The number of piperazine rings is 1. The second kappa shape index (κ2) is 4.78. The maximum atomic E-state index is 13.5. The Morgan fingerprint density at radius 3 is 2.44 bits per heavy atom. The highest BCUT2D eigenvalue weighted by molar-refractivity contribution is 5.48. The van der Waals surface area contributed by atoms with Crippen molar-refractivity contribution in [3.63, 3.8) is 0 Å². The van der Waals surface area contributed by atoms with Crippen molar-refractivity contribution in [3.05, 3.63) is 29.8 Å². The summed E-state index contributed by atoms with van der Waals surface area (Å²) in [6.45, 7) is 6.46. The van der Waals surface area contributed by atoms with Crippen LogP contribution in [-0.2, 0) is 0 Å². The molecule has 0 radical (unpaired) electrons. The fraction of sp³-hybridized carbons (Fsp3) is 0.500. The molecule has 0 atom stereocenters. The lowest BCUT2D eigenvalue weighted by molar-refractivity contribution is 0.270. The summed E-state index contributed by atoms with van der Waals surface area (Å²) in [6, 6.07) is 3.62. The summed E-state index contributed by atoms with van der Waals surface area (Å²) in [7, 11) is 0. The van der Waals surface area contributed by atoms with Crippen LogP contribution in [-0.4, -0.2) is 37.6 Å².